The molecule has 2 nitrogen and oxygen atoms in total. The van der Waals surface area contributed by atoms with E-state index in [-0.39, 0.29) is 5.92 Å². The number of nitrogens with zero attached hydrogens (tertiary/aromatic N) is 1. The Morgan fingerprint density at radius 3 is 2.29 bits per heavy atom. The van der Waals surface area contributed by atoms with E-state index in [2.05, 4.69) is 13.0 Å². The molecule has 1 fully saturated rings. The fourth-order valence-electron chi connectivity index (χ4n) is 3.15. The summed E-state index contributed by atoms with van der Waals surface area (Å²) in [5, 5.41) is 20.2. The molecule has 0 spiro atoms. The van der Waals surface area contributed by atoms with Crippen LogP contribution in [0.4, 0.5) is 0 Å². The molecule has 1 N–H and O–H groups in total. The maximum absolute atomic E-state index is 10.7. The molecule has 98 valence electrons. The molecule has 0 aliphatic heterocycles. The summed E-state index contributed by atoms with van der Waals surface area (Å²) in [6.45, 7) is 8.09. The van der Waals surface area contributed by atoms with Crippen LogP contribution in [0.15, 0.2) is 0 Å². The van der Waals surface area contributed by atoms with Crippen molar-refractivity contribution in [2.75, 3.05) is 0 Å². The minimum absolute atomic E-state index is 0.130. The first-order chi connectivity index (χ1) is 7.89. The highest BCUT2D eigenvalue weighted by Crippen LogP contribution is 2.49. The predicted molar refractivity (Wildman–Crippen MR) is 70.4 cm³/mol. The minimum atomic E-state index is -0.862. The van der Waals surface area contributed by atoms with Crippen LogP contribution in [0.25, 0.3) is 0 Å². The van der Waals surface area contributed by atoms with Crippen molar-refractivity contribution in [3.8, 4) is 6.07 Å². The first-order valence-corrected chi connectivity index (χ1v) is 7.03. The Morgan fingerprint density at radius 2 is 1.94 bits per heavy atom. The molecule has 1 rings (SSSR count). The highest BCUT2D eigenvalue weighted by atomic mass is 16.3. The van der Waals surface area contributed by atoms with Gasteiger partial charge in [0.2, 0.25) is 0 Å². The molecule has 0 saturated heterocycles. The van der Waals surface area contributed by atoms with Gasteiger partial charge in [-0.25, -0.2) is 0 Å². The van der Waals surface area contributed by atoms with Crippen molar-refractivity contribution in [1.29, 1.82) is 5.26 Å². The summed E-state index contributed by atoms with van der Waals surface area (Å²) in [6, 6.07) is 2.45. The van der Waals surface area contributed by atoms with Crippen molar-refractivity contribution >= 4 is 0 Å². The molecule has 0 aromatic rings. The second-order valence-electron chi connectivity index (χ2n) is 6.23. The number of nitriles is 1. The van der Waals surface area contributed by atoms with Gasteiger partial charge < -0.3 is 5.11 Å². The van der Waals surface area contributed by atoms with E-state index in [1.807, 2.05) is 20.8 Å². The molecule has 0 aromatic carbocycles. The lowest BCUT2D eigenvalue weighted by Crippen LogP contribution is -2.50. The molecule has 1 saturated carbocycles. The summed E-state index contributed by atoms with van der Waals surface area (Å²) in [4.78, 5) is 0. The van der Waals surface area contributed by atoms with Gasteiger partial charge in [-0.05, 0) is 44.4 Å². The Kier molecular flexibility index (Phi) is 4.61. The van der Waals surface area contributed by atoms with E-state index in [0.717, 1.165) is 31.6 Å². The lowest BCUT2D eigenvalue weighted by molar-refractivity contribution is -0.0967. The van der Waals surface area contributed by atoms with Gasteiger partial charge in [-0.2, -0.15) is 5.26 Å². The van der Waals surface area contributed by atoms with Crippen molar-refractivity contribution in [2.45, 2.75) is 71.8 Å². The number of rotatable bonds is 4. The van der Waals surface area contributed by atoms with Crippen molar-refractivity contribution in [3.05, 3.63) is 0 Å². The van der Waals surface area contributed by atoms with Gasteiger partial charge >= 0.3 is 0 Å². The molecular weight excluding hydrogens is 210 g/mol. The Balaban J connectivity index is 2.78. The second kappa shape index (κ2) is 5.40. The Bertz CT molecular complexity index is 280. The van der Waals surface area contributed by atoms with Crippen molar-refractivity contribution in [3.63, 3.8) is 0 Å². The van der Waals surface area contributed by atoms with Gasteiger partial charge in [0, 0.05) is 0 Å². The third kappa shape index (κ3) is 2.65. The first-order valence-electron chi connectivity index (χ1n) is 7.03. The van der Waals surface area contributed by atoms with Crippen molar-refractivity contribution < 1.29 is 5.11 Å². The van der Waals surface area contributed by atoms with Gasteiger partial charge in [0.25, 0.3) is 0 Å². The largest absolute Gasteiger partial charge is 0.388 e. The topological polar surface area (TPSA) is 44.0 Å². The Hall–Kier alpha value is -0.550. The minimum Gasteiger partial charge on any atom is -0.388 e. The SMILES string of the molecule is CCCC1CCC(C#N)(C(C)(O)C(C)C)CC1. The average molecular weight is 237 g/mol. The third-order valence-electron chi connectivity index (χ3n) is 4.96. The van der Waals surface area contributed by atoms with E-state index in [4.69, 9.17) is 0 Å². The summed E-state index contributed by atoms with van der Waals surface area (Å²) in [7, 11) is 0. The third-order valence-corrected chi connectivity index (χ3v) is 4.96. The van der Waals surface area contributed by atoms with Crippen LogP contribution in [-0.2, 0) is 0 Å². The molecular formula is C15H27NO. The van der Waals surface area contributed by atoms with Crippen LogP contribution >= 0.6 is 0 Å². The zero-order valence-corrected chi connectivity index (χ0v) is 11.8. The van der Waals surface area contributed by atoms with E-state index in [0.29, 0.717) is 0 Å². The monoisotopic (exact) mass is 237 g/mol. The van der Waals surface area contributed by atoms with E-state index >= 15 is 0 Å². The fourth-order valence-corrected chi connectivity index (χ4v) is 3.15. The molecule has 1 aliphatic carbocycles. The van der Waals surface area contributed by atoms with Crippen LogP contribution in [-0.4, -0.2) is 10.7 Å². The van der Waals surface area contributed by atoms with E-state index < -0.39 is 11.0 Å². The van der Waals surface area contributed by atoms with Crippen LogP contribution in [0.1, 0.15) is 66.2 Å². The lowest BCUT2D eigenvalue weighted by atomic mass is 9.59. The van der Waals surface area contributed by atoms with Crippen LogP contribution < -0.4 is 0 Å². The van der Waals surface area contributed by atoms with Gasteiger partial charge in [0.1, 0.15) is 0 Å². The summed E-state index contributed by atoms with van der Waals surface area (Å²) in [5.74, 6) is 0.898. The molecule has 0 bridgehead atoms. The molecule has 1 unspecified atom stereocenters. The molecule has 0 heterocycles. The van der Waals surface area contributed by atoms with Crippen molar-refractivity contribution in [1.82, 2.24) is 0 Å². The predicted octanol–water partition coefficient (Wildman–Crippen LogP) is 3.89. The van der Waals surface area contributed by atoms with E-state index in [1.54, 1.807) is 0 Å². The normalized spacial score (nSPS) is 33.1. The first kappa shape index (κ1) is 14.5. The van der Waals surface area contributed by atoms with Crippen LogP contribution in [0.2, 0.25) is 0 Å². The Morgan fingerprint density at radius 1 is 1.41 bits per heavy atom. The van der Waals surface area contributed by atoms with E-state index in [1.165, 1.54) is 12.8 Å². The van der Waals surface area contributed by atoms with Crippen LogP contribution in [0.3, 0.4) is 0 Å². The smallest absolute Gasteiger partial charge is 0.0860 e. The van der Waals surface area contributed by atoms with E-state index in [9.17, 15) is 10.4 Å². The van der Waals surface area contributed by atoms with Crippen LogP contribution in [0, 0.1) is 28.6 Å². The summed E-state index contributed by atoms with van der Waals surface area (Å²) in [5.41, 5.74) is -1.38. The van der Waals surface area contributed by atoms with Gasteiger partial charge in [0.05, 0.1) is 17.1 Å². The number of aliphatic hydroxyl groups is 1. The molecule has 0 aromatic heterocycles. The average Bonchev–Trinajstić information content (AvgIpc) is 2.30. The molecule has 0 radical (unpaired) electrons. The molecule has 17 heavy (non-hydrogen) atoms. The molecule has 1 aliphatic rings. The molecule has 1 atom stereocenters. The van der Waals surface area contributed by atoms with Gasteiger partial charge in [-0.1, -0.05) is 33.6 Å². The summed E-state index contributed by atoms with van der Waals surface area (Å²) < 4.78 is 0. The number of hydrogen-bond acceptors (Lipinski definition) is 2. The summed E-state index contributed by atoms with van der Waals surface area (Å²) >= 11 is 0. The maximum Gasteiger partial charge on any atom is 0.0860 e. The van der Waals surface area contributed by atoms with Gasteiger partial charge in [-0.15, -0.1) is 0 Å². The summed E-state index contributed by atoms with van der Waals surface area (Å²) in [6.07, 6.45) is 6.42. The molecule has 2 heteroatoms. The zero-order valence-electron chi connectivity index (χ0n) is 11.8. The highest BCUT2D eigenvalue weighted by molar-refractivity contribution is 5.12. The maximum atomic E-state index is 10.7. The zero-order chi connectivity index (χ0) is 13.1. The van der Waals surface area contributed by atoms with Crippen molar-refractivity contribution in [2.24, 2.45) is 17.3 Å². The highest BCUT2D eigenvalue weighted by Gasteiger charge is 2.50. The van der Waals surface area contributed by atoms with Gasteiger partial charge in [-0.3, -0.25) is 0 Å². The second-order valence-corrected chi connectivity index (χ2v) is 6.23. The molecule has 0 amide bonds. The van der Waals surface area contributed by atoms with Gasteiger partial charge in [0.15, 0.2) is 0 Å². The Labute approximate surface area is 106 Å². The van der Waals surface area contributed by atoms with Crippen LogP contribution in [0.5, 0.6) is 0 Å². The number of hydrogen-bond donors (Lipinski definition) is 1. The lowest BCUT2D eigenvalue weighted by Gasteiger charge is -2.47. The standard InChI is InChI=1S/C15H27NO/c1-5-6-13-7-9-15(11-16,10-8-13)14(4,17)12(2)3/h12-13,17H,5-10H2,1-4H3. The fraction of sp³-hybridized carbons (Fsp3) is 0.933. The quantitative estimate of drug-likeness (QED) is 0.806.